The Bertz CT molecular complexity index is 464. The number of hydrogen-bond donors (Lipinski definition) is 2. The minimum absolute atomic E-state index is 0.0579. The minimum Gasteiger partial charge on any atom is -0.491 e. The standard InChI is InChI=1S/C14H19F3N2O2/c1-2-5-11(18)13(20)19-8-9-21-12-7-4-3-6-10(12)14(15,16)17/h3-4,6-7,11H,2,5,8-9,18H2,1H3,(H,19,20). The Morgan fingerprint density at radius 1 is 1.38 bits per heavy atom. The average molecular weight is 304 g/mol. The first kappa shape index (κ1) is 17.3. The predicted octanol–water partition coefficient (Wildman–Crippen LogP) is 2.33. The number of nitrogens with two attached hydrogens (primary N) is 1. The molecule has 0 aliphatic rings. The van der Waals surface area contributed by atoms with Crippen molar-refractivity contribution in [3.63, 3.8) is 0 Å². The molecule has 7 heteroatoms. The number of halogens is 3. The van der Waals surface area contributed by atoms with Gasteiger partial charge in [0.25, 0.3) is 0 Å². The van der Waals surface area contributed by atoms with Gasteiger partial charge in [-0.3, -0.25) is 4.79 Å². The SMILES string of the molecule is CCCC(N)C(=O)NCCOc1ccccc1C(F)(F)F. The molecule has 0 saturated carbocycles. The van der Waals surface area contributed by atoms with E-state index in [9.17, 15) is 18.0 Å². The van der Waals surface area contributed by atoms with Crippen LogP contribution in [0.5, 0.6) is 5.75 Å². The molecule has 21 heavy (non-hydrogen) atoms. The number of ether oxygens (including phenoxy) is 1. The van der Waals surface area contributed by atoms with E-state index in [0.717, 1.165) is 12.5 Å². The average Bonchev–Trinajstić information content (AvgIpc) is 2.43. The number of para-hydroxylation sites is 1. The molecule has 0 radical (unpaired) electrons. The molecule has 0 aromatic heterocycles. The molecule has 1 rings (SSSR count). The zero-order chi connectivity index (χ0) is 15.9. The van der Waals surface area contributed by atoms with E-state index in [1.165, 1.54) is 18.2 Å². The van der Waals surface area contributed by atoms with Crippen LogP contribution < -0.4 is 15.8 Å². The van der Waals surface area contributed by atoms with Crippen molar-refractivity contribution >= 4 is 5.91 Å². The van der Waals surface area contributed by atoms with Gasteiger partial charge in [-0.1, -0.05) is 25.5 Å². The summed E-state index contributed by atoms with van der Waals surface area (Å²) in [4.78, 5) is 11.5. The van der Waals surface area contributed by atoms with E-state index in [2.05, 4.69) is 5.32 Å². The van der Waals surface area contributed by atoms with Crippen LogP contribution in [0.2, 0.25) is 0 Å². The van der Waals surface area contributed by atoms with Crippen LogP contribution in [0.4, 0.5) is 13.2 Å². The summed E-state index contributed by atoms with van der Waals surface area (Å²) in [6.07, 6.45) is -3.13. The van der Waals surface area contributed by atoms with E-state index in [0.29, 0.717) is 6.42 Å². The molecule has 1 aromatic carbocycles. The van der Waals surface area contributed by atoms with Crippen LogP contribution in [0.1, 0.15) is 25.3 Å². The van der Waals surface area contributed by atoms with Gasteiger partial charge in [-0.2, -0.15) is 13.2 Å². The van der Waals surface area contributed by atoms with Crippen molar-refractivity contribution in [3.8, 4) is 5.75 Å². The number of carbonyl (C=O) groups is 1. The second-order valence-corrected chi connectivity index (χ2v) is 4.53. The highest BCUT2D eigenvalue weighted by Gasteiger charge is 2.33. The van der Waals surface area contributed by atoms with Gasteiger partial charge in [0.05, 0.1) is 18.2 Å². The van der Waals surface area contributed by atoms with Gasteiger partial charge >= 0.3 is 6.18 Å². The van der Waals surface area contributed by atoms with Gasteiger partial charge in [0.2, 0.25) is 5.91 Å². The number of nitrogens with one attached hydrogen (secondary N) is 1. The molecule has 0 spiro atoms. The fraction of sp³-hybridized carbons (Fsp3) is 0.500. The first-order valence-corrected chi connectivity index (χ1v) is 6.68. The van der Waals surface area contributed by atoms with Gasteiger partial charge in [-0.05, 0) is 18.6 Å². The monoisotopic (exact) mass is 304 g/mol. The third-order valence-electron chi connectivity index (χ3n) is 2.79. The summed E-state index contributed by atoms with van der Waals surface area (Å²) in [5.41, 5.74) is 4.77. The number of carbonyl (C=O) groups excluding carboxylic acids is 1. The maximum absolute atomic E-state index is 12.7. The molecular weight excluding hydrogens is 285 g/mol. The molecule has 1 aromatic rings. The normalized spacial score (nSPS) is 12.8. The Hall–Kier alpha value is -1.76. The van der Waals surface area contributed by atoms with E-state index < -0.39 is 17.8 Å². The van der Waals surface area contributed by atoms with Crippen LogP contribution in [0, 0.1) is 0 Å². The van der Waals surface area contributed by atoms with E-state index in [1.54, 1.807) is 0 Å². The summed E-state index contributed by atoms with van der Waals surface area (Å²) >= 11 is 0. The Morgan fingerprint density at radius 2 is 2.05 bits per heavy atom. The Balaban J connectivity index is 2.45. The van der Waals surface area contributed by atoms with Crippen molar-refractivity contribution in [1.82, 2.24) is 5.32 Å². The molecule has 0 aliphatic heterocycles. The molecular formula is C14H19F3N2O2. The van der Waals surface area contributed by atoms with Gasteiger partial charge in [-0.25, -0.2) is 0 Å². The van der Waals surface area contributed by atoms with E-state index in [1.807, 2.05) is 6.92 Å². The van der Waals surface area contributed by atoms with E-state index >= 15 is 0 Å². The van der Waals surface area contributed by atoms with Gasteiger partial charge in [0.15, 0.2) is 0 Å². The molecule has 3 N–H and O–H groups in total. The van der Waals surface area contributed by atoms with Crippen molar-refractivity contribution in [2.45, 2.75) is 32.0 Å². The fourth-order valence-corrected chi connectivity index (χ4v) is 1.74. The summed E-state index contributed by atoms with van der Waals surface area (Å²) in [6.45, 7) is 1.95. The quantitative estimate of drug-likeness (QED) is 0.760. The molecule has 0 aliphatic carbocycles. The van der Waals surface area contributed by atoms with Gasteiger partial charge in [0.1, 0.15) is 12.4 Å². The third kappa shape index (κ3) is 5.63. The number of amides is 1. The molecule has 118 valence electrons. The highest BCUT2D eigenvalue weighted by Crippen LogP contribution is 2.35. The largest absolute Gasteiger partial charge is 0.491 e. The molecule has 0 fully saturated rings. The second-order valence-electron chi connectivity index (χ2n) is 4.53. The summed E-state index contributed by atoms with van der Waals surface area (Å²) in [6, 6.07) is 4.34. The molecule has 0 bridgehead atoms. The number of alkyl halides is 3. The smallest absolute Gasteiger partial charge is 0.419 e. The topological polar surface area (TPSA) is 64.4 Å². The van der Waals surface area contributed by atoms with Crippen LogP contribution in [0.15, 0.2) is 24.3 Å². The van der Waals surface area contributed by atoms with Crippen molar-refractivity contribution < 1.29 is 22.7 Å². The van der Waals surface area contributed by atoms with Gasteiger partial charge in [0, 0.05) is 0 Å². The van der Waals surface area contributed by atoms with E-state index in [4.69, 9.17) is 10.5 Å². The van der Waals surface area contributed by atoms with Crippen molar-refractivity contribution in [2.24, 2.45) is 5.73 Å². The van der Waals surface area contributed by atoms with Crippen LogP contribution in [0.3, 0.4) is 0 Å². The second kappa shape index (κ2) is 7.87. The number of benzene rings is 1. The Labute approximate surface area is 121 Å². The number of rotatable bonds is 7. The highest BCUT2D eigenvalue weighted by molar-refractivity contribution is 5.81. The van der Waals surface area contributed by atoms with Gasteiger partial charge < -0.3 is 15.8 Å². The molecule has 1 atom stereocenters. The molecule has 1 unspecified atom stereocenters. The summed E-state index contributed by atoms with van der Waals surface area (Å²) in [5, 5.41) is 2.53. The van der Waals surface area contributed by atoms with Crippen molar-refractivity contribution in [2.75, 3.05) is 13.2 Å². The van der Waals surface area contributed by atoms with Crippen molar-refractivity contribution in [1.29, 1.82) is 0 Å². The summed E-state index contributed by atoms with van der Waals surface area (Å²) in [5.74, 6) is -0.582. The molecule has 0 saturated heterocycles. The maximum atomic E-state index is 12.7. The van der Waals surface area contributed by atoms with Gasteiger partial charge in [-0.15, -0.1) is 0 Å². The minimum atomic E-state index is -4.47. The third-order valence-corrected chi connectivity index (χ3v) is 2.79. The lowest BCUT2D eigenvalue weighted by atomic mass is 10.2. The maximum Gasteiger partial charge on any atom is 0.419 e. The Kier molecular flexibility index (Phi) is 6.48. The lowest BCUT2D eigenvalue weighted by Gasteiger charge is -2.15. The molecule has 4 nitrogen and oxygen atoms in total. The first-order valence-electron chi connectivity index (χ1n) is 6.68. The van der Waals surface area contributed by atoms with E-state index in [-0.39, 0.29) is 24.8 Å². The lowest BCUT2D eigenvalue weighted by molar-refractivity contribution is -0.139. The molecule has 0 heterocycles. The van der Waals surface area contributed by atoms with Crippen LogP contribution in [-0.2, 0) is 11.0 Å². The summed E-state index contributed by atoms with van der Waals surface area (Å²) < 4.78 is 43.2. The van der Waals surface area contributed by atoms with Crippen LogP contribution in [-0.4, -0.2) is 25.1 Å². The molecule has 1 amide bonds. The summed E-state index contributed by atoms with van der Waals surface area (Å²) in [7, 11) is 0. The van der Waals surface area contributed by atoms with Crippen molar-refractivity contribution in [3.05, 3.63) is 29.8 Å². The lowest BCUT2D eigenvalue weighted by Crippen LogP contribution is -2.41. The first-order chi connectivity index (χ1) is 9.86. The highest BCUT2D eigenvalue weighted by atomic mass is 19.4. The Morgan fingerprint density at radius 3 is 2.67 bits per heavy atom. The van der Waals surface area contributed by atoms with Crippen LogP contribution >= 0.6 is 0 Å². The zero-order valence-corrected chi connectivity index (χ0v) is 11.7. The number of hydrogen-bond acceptors (Lipinski definition) is 3. The van der Waals surface area contributed by atoms with Crippen LogP contribution in [0.25, 0.3) is 0 Å². The predicted molar refractivity (Wildman–Crippen MR) is 72.8 cm³/mol. The zero-order valence-electron chi connectivity index (χ0n) is 11.7. The fourth-order valence-electron chi connectivity index (χ4n) is 1.74.